The van der Waals surface area contributed by atoms with Gasteiger partial charge in [-0.25, -0.2) is 0 Å². The second-order valence-electron chi connectivity index (χ2n) is 4.28. The van der Waals surface area contributed by atoms with Gasteiger partial charge in [-0.3, -0.25) is 4.98 Å². The molecule has 0 bridgehead atoms. The molecule has 1 atom stereocenters. The van der Waals surface area contributed by atoms with Gasteiger partial charge in [0.25, 0.3) is 0 Å². The van der Waals surface area contributed by atoms with Crippen LogP contribution in [-0.2, 0) is 12.8 Å². The standard InChI is InChI=1S/C13H17N3O2/c1-2-3-11(17)9-13-15-12(16-18-13)8-10-4-6-14-7-5-10/h4-7,11,17H,2-3,8-9H2,1H3. The van der Waals surface area contributed by atoms with Gasteiger partial charge in [0.15, 0.2) is 5.82 Å². The van der Waals surface area contributed by atoms with Crippen LogP contribution < -0.4 is 0 Å². The molecular formula is C13H17N3O2. The van der Waals surface area contributed by atoms with E-state index in [1.54, 1.807) is 12.4 Å². The lowest BCUT2D eigenvalue weighted by Gasteiger charge is -2.03. The molecule has 0 aliphatic rings. The first-order chi connectivity index (χ1) is 8.78. The molecule has 0 aliphatic carbocycles. The maximum Gasteiger partial charge on any atom is 0.229 e. The number of rotatable bonds is 6. The topological polar surface area (TPSA) is 72.0 Å². The van der Waals surface area contributed by atoms with E-state index in [2.05, 4.69) is 15.1 Å². The lowest BCUT2D eigenvalue weighted by molar-refractivity contribution is 0.151. The minimum Gasteiger partial charge on any atom is -0.393 e. The van der Waals surface area contributed by atoms with E-state index in [4.69, 9.17) is 4.52 Å². The van der Waals surface area contributed by atoms with Crippen LogP contribution in [-0.4, -0.2) is 26.3 Å². The highest BCUT2D eigenvalue weighted by Gasteiger charge is 2.11. The fourth-order valence-electron chi connectivity index (χ4n) is 1.76. The highest BCUT2D eigenvalue weighted by molar-refractivity contribution is 5.14. The van der Waals surface area contributed by atoms with E-state index in [0.717, 1.165) is 18.4 Å². The minimum absolute atomic E-state index is 0.399. The summed E-state index contributed by atoms with van der Waals surface area (Å²) in [7, 11) is 0. The Balaban J connectivity index is 1.94. The Morgan fingerprint density at radius 3 is 2.83 bits per heavy atom. The maximum atomic E-state index is 9.67. The molecule has 2 rings (SSSR count). The van der Waals surface area contributed by atoms with Gasteiger partial charge in [0, 0.05) is 18.8 Å². The lowest BCUT2D eigenvalue weighted by Crippen LogP contribution is -2.09. The summed E-state index contributed by atoms with van der Waals surface area (Å²) in [5, 5.41) is 13.6. The Labute approximate surface area is 106 Å². The molecule has 1 N–H and O–H groups in total. The van der Waals surface area contributed by atoms with Gasteiger partial charge in [-0.2, -0.15) is 4.98 Å². The van der Waals surface area contributed by atoms with Crippen molar-refractivity contribution >= 4 is 0 Å². The Kier molecular flexibility index (Phi) is 4.41. The average Bonchev–Trinajstić information content (AvgIpc) is 2.78. The molecule has 0 saturated heterocycles. The minimum atomic E-state index is -0.399. The first-order valence-electron chi connectivity index (χ1n) is 6.16. The molecular weight excluding hydrogens is 230 g/mol. The van der Waals surface area contributed by atoms with E-state index in [1.165, 1.54) is 0 Å². The van der Waals surface area contributed by atoms with Crippen molar-refractivity contribution in [2.45, 2.75) is 38.7 Å². The van der Waals surface area contributed by atoms with Crippen molar-refractivity contribution in [1.29, 1.82) is 0 Å². The first kappa shape index (κ1) is 12.7. The molecule has 0 aromatic carbocycles. The van der Waals surface area contributed by atoms with Crippen molar-refractivity contribution in [2.24, 2.45) is 0 Å². The van der Waals surface area contributed by atoms with E-state index >= 15 is 0 Å². The fraction of sp³-hybridized carbons (Fsp3) is 0.462. The van der Waals surface area contributed by atoms with E-state index < -0.39 is 6.10 Å². The van der Waals surface area contributed by atoms with Gasteiger partial charge < -0.3 is 9.63 Å². The average molecular weight is 247 g/mol. The molecule has 96 valence electrons. The van der Waals surface area contributed by atoms with Crippen molar-refractivity contribution in [2.75, 3.05) is 0 Å². The lowest BCUT2D eigenvalue weighted by atomic mass is 10.1. The van der Waals surface area contributed by atoms with Gasteiger partial charge in [-0.1, -0.05) is 18.5 Å². The van der Waals surface area contributed by atoms with E-state index in [9.17, 15) is 5.11 Å². The predicted molar refractivity (Wildman–Crippen MR) is 66.0 cm³/mol. The highest BCUT2D eigenvalue weighted by Crippen LogP contribution is 2.09. The molecule has 0 fully saturated rings. The van der Waals surface area contributed by atoms with Crippen LogP contribution in [0.15, 0.2) is 29.0 Å². The van der Waals surface area contributed by atoms with Crippen molar-refractivity contribution in [3.63, 3.8) is 0 Å². The largest absolute Gasteiger partial charge is 0.393 e. The van der Waals surface area contributed by atoms with Crippen LogP contribution in [0.25, 0.3) is 0 Å². The second kappa shape index (κ2) is 6.26. The summed E-state index contributed by atoms with van der Waals surface area (Å²) in [6.07, 6.45) is 5.82. The quantitative estimate of drug-likeness (QED) is 0.842. The maximum absolute atomic E-state index is 9.67. The summed E-state index contributed by atoms with van der Waals surface area (Å²) in [5.41, 5.74) is 1.09. The van der Waals surface area contributed by atoms with Crippen molar-refractivity contribution < 1.29 is 9.63 Å². The zero-order valence-electron chi connectivity index (χ0n) is 10.4. The third-order valence-electron chi connectivity index (χ3n) is 2.65. The Morgan fingerprint density at radius 2 is 2.11 bits per heavy atom. The third-order valence-corrected chi connectivity index (χ3v) is 2.65. The highest BCUT2D eigenvalue weighted by atomic mass is 16.5. The first-order valence-corrected chi connectivity index (χ1v) is 6.16. The van der Waals surface area contributed by atoms with Gasteiger partial charge in [-0.05, 0) is 24.1 Å². The van der Waals surface area contributed by atoms with Crippen LogP contribution in [0.5, 0.6) is 0 Å². The second-order valence-corrected chi connectivity index (χ2v) is 4.28. The molecule has 2 aromatic rings. The summed E-state index contributed by atoms with van der Waals surface area (Å²) in [5.74, 6) is 1.14. The van der Waals surface area contributed by atoms with Crippen molar-refractivity contribution in [1.82, 2.24) is 15.1 Å². The zero-order chi connectivity index (χ0) is 12.8. The molecule has 0 amide bonds. The molecule has 0 radical (unpaired) electrons. The number of pyridine rings is 1. The summed E-state index contributed by atoms with van der Waals surface area (Å²) in [4.78, 5) is 8.22. The normalized spacial score (nSPS) is 12.6. The van der Waals surface area contributed by atoms with Crippen LogP contribution in [0.1, 0.15) is 37.0 Å². The molecule has 0 saturated carbocycles. The fourth-order valence-corrected chi connectivity index (χ4v) is 1.76. The number of hydrogen-bond acceptors (Lipinski definition) is 5. The SMILES string of the molecule is CCCC(O)Cc1nc(Cc2ccncc2)no1. The summed E-state index contributed by atoms with van der Waals surface area (Å²) in [6.45, 7) is 2.03. The molecule has 1 unspecified atom stereocenters. The van der Waals surface area contributed by atoms with E-state index in [0.29, 0.717) is 24.6 Å². The van der Waals surface area contributed by atoms with Gasteiger partial charge in [0.1, 0.15) is 0 Å². The monoisotopic (exact) mass is 247 g/mol. The number of nitrogens with zero attached hydrogens (tertiary/aromatic N) is 3. The zero-order valence-corrected chi connectivity index (χ0v) is 10.4. The van der Waals surface area contributed by atoms with Gasteiger partial charge in [0.05, 0.1) is 12.5 Å². The molecule has 5 heteroatoms. The number of aliphatic hydroxyl groups excluding tert-OH is 1. The van der Waals surface area contributed by atoms with Crippen molar-refractivity contribution in [3.8, 4) is 0 Å². The molecule has 2 heterocycles. The van der Waals surface area contributed by atoms with E-state index in [1.807, 2.05) is 19.1 Å². The summed E-state index contributed by atoms with van der Waals surface area (Å²) < 4.78 is 5.12. The van der Waals surface area contributed by atoms with Crippen LogP contribution >= 0.6 is 0 Å². The Hall–Kier alpha value is -1.75. The molecule has 0 aliphatic heterocycles. The summed E-state index contributed by atoms with van der Waals surface area (Å²) >= 11 is 0. The summed E-state index contributed by atoms with van der Waals surface area (Å²) in [6, 6.07) is 3.84. The van der Waals surface area contributed by atoms with Crippen molar-refractivity contribution in [3.05, 3.63) is 41.8 Å². The molecule has 0 spiro atoms. The van der Waals surface area contributed by atoms with Crippen LogP contribution in [0, 0.1) is 0 Å². The molecule has 5 nitrogen and oxygen atoms in total. The van der Waals surface area contributed by atoms with Crippen LogP contribution in [0.2, 0.25) is 0 Å². The van der Waals surface area contributed by atoms with Crippen LogP contribution in [0.3, 0.4) is 0 Å². The molecule has 18 heavy (non-hydrogen) atoms. The Bertz CT molecular complexity index is 470. The van der Waals surface area contributed by atoms with Gasteiger partial charge in [0.2, 0.25) is 5.89 Å². The Morgan fingerprint density at radius 1 is 1.33 bits per heavy atom. The third kappa shape index (κ3) is 3.63. The number of hydrogen-bond donors (Lipinski definition) is 1. The number of aliphatic hydroxyl groups is 1. The number of aromatic nitrogens is 3. The van der Waals surface area contributed by atoms with E-state index in [-0.39, 0.29) is 0 Å². The van der Waals surface area contributed by atoms with Gasteiger partial charge in [-0.15, -0.1) is 0 Å². The van der Waals surface area contributed by atoms with Crippen LogP contribution in [0.4, 0.5) is 0 Å². The molecule has 2 aromatic heterocycles. The predicted octanol–water partition coefficient (Wildman–Crippen LogP) is 1.76. The smallest absolute Gasteiger partial charge is 0.229 e. The van der Waals surface area contributed by atoms with Gasteiger partial charge >= 0.3 is 0 Å².